The lowest BCUT2D eigenvalue weighted by Crippen LogP contribution is -2.14. The van der Waals surface area contributed by atoms with Gasteiger partial charge in [-0.3, -0.25) is 9.59 Å². The third kappa shape index (κ3) is 4.71. The minimum Gasteiger partial charge on any atom is -0.399 e. The Hall–Kier alpha value is -3.90. The molecule has 6 heteroatoms. The number of rotatable bonds is 7. The molecule has 3 aromatic rings. The first-order chi connectivity index (χ1) is 15.4. The Morgan fingerprint density at radius 3 is 2.50 bits per heavy atom. The van der Waals surface area contributed by atoms with Gasteiger partial charge in [-0.25, -0.2) is 0 Å². The monoisotopic (exact) mass is 426 g/mol. The van der Waals surface area contributed by atoms with Crippen molar-refractivity contribution in [3.63, 3.8) is 0 Å². The summed E-state index contributed by atoms with van der Waals surface area (Å²) < 4.78 is 0. The number of nitrogens with zero attached hydrogens (tertiary/aromatic N) is 1. The molecule has 1 heterocycles. The summed E-state index contributed by atoms with van der Waals surface area (Å²) in [4.78, 5) is 27.5. The van der Waals surface area contributed by atoms with Gasteiger partial charge in [0.15, 0.2) is 5.78 Å². The summed E-state index contributed by atoms with van der Waals surface area (Å²) in [6.45, 7) is 0.996. The molecule has 3 aromatic carbocycles. The van der Waals surface area contributed by atoms with Crippen molar-refractivity contribution in [3.8, 4) is 0 Å². The molecular formula is C26H26N4O2. The summed E-state index contributed by atoms with van der Waals surface area (Å²) in [5.41, 5.74) is 11.4. The van der Waals surface area contributed by atoms with Gasteiger partial charge in [0, 0.05) is 46.5 Å². The van der Waals surface area contributed by atoms with E-state index in [1.54, 1.807) is 48.7 Å². The van der Waals surface area contributed by atoms with Crippen molar-refractivity contribution in [3.05, 3.63) is 95.2 Å². The molecule has 4 N–H and O–H groups in total. The average Bonchev–Trinajstić information content (AvgIpc) is 3.10. The van der Waals surface area contributed by atoms with E-state index < -0.39 is 0 Å². The van der Waals surface area contributed by atoms with E-state index in [-0.39, 0.29) is 11.7 Å². The van der Waals surface area contributed by atoms with E-state index in [2.05, 4.69) is 41.8 Å². The Balaban J connectivity index is 1.50. The minimum absolute atomic E-state index is 0.140. The number of hydrogen-bond donors (Lipinski definition) is 3. The quantitative estimate of drug-likeness (QED) is 0.302. The summed E-state index contributed by atoms with van der Waals surface area (Å²) in [6.07, 6.45) is 2.69. The molecule has 162 valence electrons. The molecule has 1 amide bonds. The van der Waals surface area contributed by atoms with Crippen LogP contribution in [0.2, 0.25) is 0 Å². The highest BCUT2D eigenvalue weighted by Crippen LogP contribution is 2.33. The second-order valence-electron chi connectivity index (χ2n) is 8.12. The number of hydrogen-bond acceptors (Lipinski definition) is 5. The highest BCUT2D eigenvalue weighted by Gasteiger charge is 2.25. The molecule has 0 bridgehead atoms. The molecule has 0 saturated heterocycles. The van der Waals surface area contributed by atoms with Crippen LogP contribution in [0.4, 0.5) is 17.1 Å². The van der Waals surface area contributed by atoms with Gasteiger partial charge in [-0.05, 0) is 56.4 Å². The second-order valence-corrected chi connectivity index (χ2v) is 8.12. The molecule has 0 aromatic heterocycles. The van der Waals surface area contributed by atoms with Crippen molar-refractivity contribution >= 4 is 34.3 Å². The Kier molecular flexibility index (Phi) is 6.05. The Morgan fingerprint density at radius 1 is 1.03 bits per heavy atom. The molecule has 0 spiro atoms. The number of nitrogen functional groups attached to an aromatic ring is 1. The standard InChI is InChI=1S/C26H26N4O2/c1-30(2)13-12-17-6-9-21(10-7-17)28-16-23-22-11-8-19(15-24(22)29-26(23)32)25(31)18-4-3-5-20(27)14-18/h3-11,14-16,28H,12-13,27H2,1-2H3,(H,29,32). The zero-order valence-electron chi connectivity index (χ0n) is 18.2. The summed E-state index contributed by atoms with van der Waals surface area (Å²) >= 11 is 0. The van der Waals surface area contributed by atoms with Gasteiger partial charge in [-0.15, -0.1) is 0 Å². The van der Waals surface area contributed by atoms with E-state index in [0.717, 1.165) is 24.2 Å². The molecule has 0 fully saturated rings. The lowest BCUT2D eigenvalue weighted by atomic mass is 9.99. The molecule has 0 aliphatic carbocycles. The van der Waals surface area contributed by atoms with Crippen molar-refractivity contribution < 1.29 is 9.59 Å². The van der Waals surface area contributed by atoms with Gasteiger partial charge >= 0.3 is 0 Å². The number of carbonyl (C=O) groups is 2. The molecule has 1 aliphatic rings. The second kappa shape index (κ2) is 9.08. The molecule has 0 radical (unpaired) electrons. The van der Waals surface area contributed by atoms with Crippen LogP contribution in [0, 0.1) is 0 Å². The zero-order valence-corrected chi connectivity index (χ0v) is 18.2. The van der Waals surface area contributed by atoms with E-state index in [1.165, 1.54) is 5.56 Å². The van der Waals surface area contributed by atoms with Crippen LogP contribution in [0.15, 0.2) is 72.9 Å². The van der Waals surface area contributed by atoms with E-state index in [9.17, 15) is 9.59 Å². The predicted molar refractivity (Wildman–Crippen MR) is 130 cm³/mol. The Bertz CT molecular complexity index is 1200. The fourth-order valence-electron chi connectivity index (χ4n) is 3.60. The van der Waals surface area contributed by atoms with Gasteiger partial charge in [0.25, 0.3) is 5.91 Å². The molecule has 6 nitrogen and oxygen atoms in total. The number of carbonyl (C=O) groups excluding carboxylic acids is 2. The summed E-state index contributed by atoms with van der Waals surface area (Å²) in [6, 6.07) is 20.3. The Labute approximate surface area is 187 Å². The number of benzene rings is 3. The number of amides is 1. The third-order valence-corrected chi connectivity index (χ3v) is 5.40. The van der Waals surface area contributed by atoms with Crippen LogP contribution in [-0.2, 0) is 11.2 Å². The third-order valence-electron chi connectivity index (χ3n) is 5.40. The lowest BCUT2D eigenvalue weighted by molar-refractivity contribution is -0.110. The van der Waals surface area contributed by atoms with Gasteiger partial charge in [0.1, 0.15) is 0 Å². The van der Waals surface area contributed by atoms with Crippen LogP contribution in [0.5, 0.6) is 0 Å². The molecule has 4 rings (SSSR count). The van der Waals surface area contributed by atoms with Crippen molar-refractivity contribution in [2.24, 2.45) is 0 Å². The number of nitrogens with one attached hydrogen (secondary N) is 2. The molecule has 0 saturated carbocycles. The van der Waals surface area contributed by atoms with Crippen molar-refractivity contribution in [2.45, 2.75) is 6.42 Å². The molecule has 0 unspecified atom stereocenters. The highest BCUT2D eigenvalue weighted by atomic mass is 16.2. The first kappa shape index (κ1) is 21.3. The molecular weight excluding hydrogens is 400 g/mol. The van der Waals surface area contributed by atoms with Crippen molar-refractivity contribution in [2.75, 3.05) is 37.0 Å². The normalized spacial score (nSPS) is 13.8. The van der Waals surface area contributed by atoms with Crippen LogP contribution in [0.25, 0.3) is 5.57 Å². The van der Waals surface area contributed by atoms with Crippen LogP contribution in [0.3, 0.4) is 0 Å². The van der Waals surface area contributed by atoms with E-state index in [4.69, 9.17) is 5.73 Å². The number of likely N-dealkylation sites (N-methyl/N-ethyl adjacent to an activating group) is 1. The first-order valence-corrected chi connectivity index (χ1v) is 10.5. The lowest BCUT2D eigenvalue weighted by Gasteiger charge is -2.09. The zero-order chi connectivity index (χ0) is 22.7. The number of nitrogens with two attached hydrogens (primary N) is 1. The maximum absolute atomic E-state index is 12.8. The summed E-state index contributed by atoms with van der Waals surface area (Å²) in [7, 11) is 4.12. The van der Waals surface area contributed by atoms with Crippen LogP contribution in [0.1, 0.15) is 27.0 Å². The van der Waals surface area contributed by atoms with Gasteiger partial charge in [0.05, 0.1) is 5.57 Å². The van der Waals surface area contributed by atoms with Gasteiger partial charge in [0.2, 0.25) is 0 Å². The van der Waals surface area contributed by atoms with Crippen LogP contribution in [-0.4, -0.2) is 37.2 Å². The molecule has 32 heavy (non-hydrogen) atoms. The summed E-state index contributed by atoms with van der Waals surface area (Å²) in [5, 5.41) is 6.05. The number of fused-ring (bicyclic) bond motifs is 1. The fourth-order valence-corrected chi connectivity index (χ4v) is 3.60. The predicted octanol–water partition coefficient (Wildman–Crippen LogP) is 4.01. The van der Waals surface area contributed by atoms with E-state index in [0.29, 0.717) is 28.1 Å². The Morgan fingerprint density at radius 2 is 1.78 bits per heavy atom. The van der Waals surface area contributed by atoms with Gasteiger partial charge < -0.3 is 21.3 Å². The maximum Gasteiger partial charge on any atom is 0.257 e. The average molecular weight is 427 g/mol. The van der Waals surface area contributed by atoms with Gasteiger partial charge in [-0.2, -0.15) is 0 Å². The van der Waals surface area contributed by atoms with Gasteiger partial charge in [-0.1, -0.05) is 36.4 Å². The summed E-state index contributed by atoms with van der Waals surface area (Å²) in [5.74, 6) is -0.345. The first-order valence-electron chi connectivity index (χ1n) is 10.5. The van der Waals surface area contributed by atoms with E-state index >= 15 is 0 Å². The highest BCUT2D eigenvalue weighted by molar-refractivity contribution is 6.32. The van der Waals surface area contributed by atoms with Crippen LogP contribution < -0.4 is 16.4 Å². The number of ketones is 1. The van der Waals surface area contributed by atoms with Crippen molar-refractivity contribution in [1.82, 2.24) is 4.90 Å². The number of anilines is 3. The smallest absolute Gasteiger partial charge is 0.257 e. The fraction of sp³-hybridized carbons (Fsp3) is 0.154. The largest absolute Gasteiger partial charge is 0.399 e. The molecule has 0 atom stereocenters. The molecule has 1 aliphatic heterocycles. The maximum atomic E-state index is 12.8. The SMILES string of the molecule is CN(C)CCc1ccc(NC=C2C(=O)Nc3cc(C(=O)c4cccc(N)c4)ccc32)cc1. The minimum atomic E-state index is -0.205. The van der Waals surface area contributed by atoms with E-state index in [1.807, 2.05) is 12.1 Å². The van der Waals surface area contributed by atoms with Crippen LogP contribution >= 0.6 is 0 Å². The topological polar surface area (TPSA) is 87.5 Å². The van der Waals surface area contributed by atoms with Crippen molar-refractivity contribution in [1.29, 1.82) is 0 Å².